The fourth-order valence-corrected chi connectivity index (χ4v) is 2.30. The van der Waals surface area contributed by atoms with E-state index in [1.807, 2.05) is 31.2 Å². The van der Waals surface area contributed by atoms with Crippen LogP contribution in [0.4, 0.5) is 36.3 Å². The molecular weight excluding hydrogens is 329 g/mol. The molecule has 0 amide bonds. The van der Waals surface area contributed by atoms with Crippen molar-refractivity contribution in [2.75, 3.05) is 10.6 Å². The van der Waals surface area contributed by atoms with Crippen LogP contribution >= 0.6 is 0 Å². The highest BCUT2D eigenvalue weighted by atomic mass is 19.2. The zero-order valence-corrected chi connectivity index (χ0v) is 13.6. The van der Waals surface area contributed by atoms with Crippen LogP contribution in [0, 0.1) is 31.3 Å². The third-order valence-corrected chi connectivity index (χ3v) is 3.43. The number of benzene rings is 2. The van der Waals surface area contributed by atoms with Gasteiger partial charge in [0.2, 0.25) is 5.95 Å². The molecule has 0 unspecified atom stereocenters. The first-order valence-electron chi connectivity index (χ1n) is 7.52. The van der Waals surface area contributed by atoms with E-state index in [2.05, 4.69) is 20.6 Å². The van der Waals surface area contributed by atoms with Gasteiger partial charge in [0.1, 0.15) is 5.82 Å². The third-order valence-electron chi connectivity index (χ3n) is 3.43. The Bertz CT molecular complexity index is 928. The minimum Gasteiger partial charge on any atom is -0.338 e. The highest BCUT2D eigenvalue weighted by molar-refractivity contribution is 5.61. The van der Waals surface area contributed by atoms with E-state index in [9.17, 15) is 13.2 Å². The lowest BCUT2D eigenvalue weighted by molar-refractivity contribution is 0.449. The summed E-state index contributed by atoms with van der Waals surface area (Å²) in [5.41, 5.74) is 2.28. The van der Waals surface area contributed by atoms with Gasteiger partial charge in [0.05, 0.1) is 5.69 Å². The molecule has 0 aliphatic heterocycles. The highest BCUT2D eigenvalue weighted by Crippen LogP contribution is 2.24. The first-order valence-corrected chi connectivity index (χ1v) is 7.52. The zero-order chi connectivity index (χ0) is 18.0. The molecule has 0 atom stereocenters. The number of nitrogens with one attached hydrogen (secondary N) is 2. The second-order valence-corrected chi connectivity index (χ2v) is 5.56. The monoisotopic (exact) mass is 344 g/mol. The highest BCUT2D eigenvalue weighted by Gasteiger charge is 2.14. The van der Waals surface area contributed by atoms with Crippen LogP contribution < -0.4 is 10.6 Å². The van der Waals surface area contributed by atoms with Gasteiger partial charge in [-0.3, -0.25) is 0 Å². The summed E-state index contributed by atoms with van der Waals surface area (Å²) in [4.78, 5) is 8.50. The topological polar surface area (TPSA) is 49.8 Å². The Morgan fingerprint density at radius 2 is 1.64 bits per heavy atom. The molecule has 0 saturated carbocycles. The molecule has 0 fully saturated rings. The lowest BCUT2D eigenvalue weighted by atomic mass is 10.2. The van der Waals surface area contributed by atoms with E-state index in [4.69, 9.17) is 0 Å². The average molecular weight is 344 g/mol. The second kappa shape index (κ2) is 6.80. The number of anilines is 4. The second-order valence-electron chi connectivity index (χ2n) is 5.56. The van der Waals surface area contributed by atoms with Gasteiger partial charge >= 0.3 is 0 Å². The third kappa shape index (κ3) is 3.88. The van der Waals surface area contributed by atoms with Gasteiger partial charge in [-0.25, -0.2) is 18.2 Å². The van der Waals surface area contributed by atoms with Crippen molar-refractivity contribution >= 4 is 23.1 Å². The standard InChI is InChI=1S/C18H15F3N4/c1-10-4-3-5-12(8-10)23-18-22-11(2)9-15(25-18)24-14-7-6-13(19)16(20)17(14)21/h3-9H,1-2H3,(H2,22,23,24,25). The van der Waals surface area contributed by atoms with Gasteiger partial charge in [-0.05, 0) is 43.7 Å². The van der Waals surface area contributed by atoms with Crippen LogP contribution in [-0.4, -0.2) is 9.97 Å². The molecule has 3 rings (SSSR count). The van der Waals surface area contributed by atoms with Crippen molar-refractivity contribution in [1.29, 1.82) is 0 Å². The summed E-state index contributed by atoms with van der Waals surface area (Å²) in [5, 5.41) is 5.70. The predicted molar refractivity (Wildman–Crippen MR) is 90.8 cm³/mol. The molecule has 25 heavy (non-hydrogen) atoms. The molecule has 2 N–H and O–H groups in total. The van der Waals surface area contributed by atoms with Gasteiger partial charge in [-0.1, -0.05) is 12.1 Å². The van der Waals surface area contributed by atoms with E-state index < -0.39 is 17.5 Å². The van der Waals surface area contributed by atoms with Gasteiger partial charge in [0, 0.05) is 17.4 Å². The lowest BCUT2D eigenvalue weighted by Crippen LogP contribution is -2.04. The summed E-state index contributed by atoms with van der Waals surface area (Å²) < 4.78 is 40.2. The van der Waals surface area contributed by atoms with Crippen LogP contribution in [0.25, 0.3) is 0 Å². The number of aryl methyl sites for hydroxylation is 2. The first-order chi connectivity index (χ1) is 11.9. The van der Waals surface area contributed by atoms with Gasteiger partial charge in [-0.15, -0.1) is 0 Å². The van der Waals surface area contributed by atoms with E-state index in [1.165, 1.54) is 0 Å². The molecule has 2 aromatic carbocycles. The Morgan fingerprint density at radius 3 is 2.40 bits per heavy atom. The van der Waals surface area contributed by atoms with Gasteiger partial charge in [-0.2, -0.15) is 4.98 Å². The van der Waals surface area contributed by atoms with Crippen molar-refractivity contribution in [2.24, 2.45) is 0 Å². The number of rotatable bonds is 4. The lowest BCUT2D eigenvalue weighted by Gasteiger charge is -2.11. The van der Waals surface area contributed by atoms with Crippen LogP contribution in [-0.2, 0) is 0 Å². The predicted octanol–water partition coefficient (Wildman–Crippen LogP) is 5.00. The number of hydrogen-bond acceptors (Lipinski definition) is 4. The Hall–Kier alpha value is -3.09. The van der Waals surface area contributed by atoms with Crippen molar-refractivity contribution in [3.63, 3.8) is 0 Å². The number of nitrogens with zero attached hydrogens (tertiary/aromatic N) is 2. The van der Waals surface area contributed by atoms with Crippen molar-refractivity contribution in [1.82, 2.24) is 9.97 Å². The van der Waals surface area contributed by atoms with Crippen LogP contribution in [0.15, 0.2) is 42.5 Å². The molecule has 1 aromatic heterocycles. The normalized spacial score (nSPS) is 10.6. The van der Waals surface area contributed by atoms with Crippen molar-refractivity contribution in [3.8, 4) is 0 Å². The van der Waals surface area contributed by atoms with E-state index in [1.54, 1.807) is 13.0 Å². The maximum absolute atomic E-state index is 13.8. The van der Waals surface area contributed by atoms with Gasteiger partial charge in [0.25, 0.3) is 0 Å². The number of halogens is 3. The number of aromatic nitrogens is 2. The summed E-state index contributed by atoms with van der Waals surface area (Å²) in [6, 6.07) is 11.2. The maximum Gasteiger partial charge on any atom is 0.229 e. The molecule has 0 saturated heterocycles. The Kier molecular flexibility index (Phi) is 4.56. The van der Waals surface area contributed by atoms with E-state index >= 15 is 0 Å². The molecule has 4 nitrogen and oxygen atoms in total. The molecule has 7 heteroatoms. The van der Waals surface area contributed by atoms with E-state index in [0.29, 0.717) is 11.6 Å². The number of hydrogen-bond donors (Lipinski definition) is 2. The summed E-state index contributed by atoms with van der Waals surface area (Å²) >= 11 is 0. The fourth-order valence-electron chi connectivity index (χ4n) is 2.30. The van der Waals surface area contributed by atoms with Crippen LogP contribution in [0.5, 0.6) is 0 Å². The molecule has 0 radical (unpaired) electrons. The zero-order valence-electron chi connectivity index (χ0n) is 13.6. The Labute approximate surface area is 142 Å². The summed E-state index contributed by atoms with van der Waals surface area (Å²) in [6.07, 6.45) is 0. The molecule has 0 spiro atoms. The molecule has 0 aliphatic carbocycles. The minimum absolute atomic E-state index is 0.210. The van der Waals surface area contributed by atoms with Crippen molar-refractivity contribution in [3.05, 3.63) is 71.2 Å². The summed E-state index contributed by atoms with van der Waals surface area (Å²) in [7, 11) is 0. The van der Waals surface area contributed by atoms with Crippen LogP contribution in [0.1, 0.15) is 11.3 Å². The van der Waals surface area contributed by atoms with Crippen molar-refractivity contribution in [2.45, 2.75) is 13.8 Å². The molecule has 0 bridgehead atoms. The molecular formula is C18H15F3N4. The molecule has 128 valence electrons. The van der Waals surface area contributed by atoms with E-state index in [0.717, 1.165) is 23.4 Å². The first kappa shape index (κ1) is 16.8. The Balaban J connectivity index is 1.88. The SMILES string of the molecule is Cc1cccc(Nc2nc(C)cc(Nc3ccc(F)c(F)c3F)n2)c1. The summed E-state index contributed by atoms with van der Waals surface area (Å²) in [6.45, 7) is 3.71. The maximum atomic E-state index is 13.8. The largest absolute Gasteiger partial charge is 0.338 e. The van der Waals surface area contributed by atoms with Crippen molar-refractivity contribution < 1.29 is 13.2 Å². The summed E-state index contributed by atoms with van der Waals surface area (Å²) in [5.74, 6) is -3.52. The molecule has 0 aliphatic rings. The van der Waals surface area contributed by atoms with Crippen LogP contribution in [0.2, 0.25) is 0 Å². The smallest absolute Gasteiger partial charge is 0.229 e. The minimum atomic E-state index is -1.53. The molecule has 3 aromatic rings. The molecule has 1 heterocycles. The van der Waals surface area contributed by atoms with E-state index in [-0.39, 0.29) is 11.5 Å². The van der Waals surface area contributed by atoms with Gasteiger partial charge in [0.15, 0.2) is 17.5 Å². The fraction of sp³-hybridized carbons (Fsp3) is 0.111. The van der Waals surface area contributed by atoms with Crippen LogP contribution in [0.3, 0.4) is 0 Å². The Morgan fingerprint density at radius 1 is 0.840 bits per heavy atom. The quantitative estimate of drug-likeness (QED) is 0.654. The van der Waals surface area contributed by atoms with Gasteiger partial charge < -0.3 is 10.6 Å². The average Bonchev–Trinajstić information content (AvgIpc) is 2.55.